The zero-order valence-corrected chi connectivity index (χ0v) is 20.5. The van der Waals surface area contributed by atoms with Gasteiger partial charge in [-0.2, -0.15) is 0 Å². The van der Waals surface area contributed by atoms with E-state index >= 15 is 0 Å². The van der Waals surface area contributed by atoms with Crippen LogP contribution in [-0.2, 0) is 16.1 Å². The summed E-state index contributed by atoms with van der Waals surface area (Å²) in [5, 5.41) is 11.4. The van der Waals surface area contributed by atoms with Crippen LogP contribution in [0.25, 0.3) is 5.76 Å². The molecule has 0 aromatic heterocycles. The van der Waals surface area contributed by atoms with Gasteiger partial charge in [-0.1, -0.05) is 73.5 Å². The summed E-state index contributed by atoms with van der Waals surface area (Å²) in [4.78, 5) is 28.1. The predicted octanol–water partition coefficient (Wildman–Crippen LogP) is 6.10. The van der Waals surface area contributed by atoms with Gasteiger partial charge in [-0.05, 0) is 55.2 Å². The molecule has 1 unspecified atom stereocenters. The van der Waals surface area contributed by atoms with Crippen molar-refractivity contribution in [1.82, 2.24) is 4.90 Å². The van der Waals surface area contributed by atoms with Crippen molar-refractivity contribution in [1.29, 1.82) is 0 Å². The van der Waals surface area contributed by atoms with Crippen molar-refractivity contribution >= 4 is 17.4 Å². The molecule has 0 bridgehead atoms. The summed E-state index contributed by atoms with van der Waals surface area (Å²) in [6, 6.07) is 22.0. The van der Waals surface area contributed by atoms with E-state index in [-0.39, 0.29) is 17.9 Å². The Kier molecular flexibility index (Phi) is 7.35. The SMILES string of the molecule is CCCCOc1ccc(C2/C(=C(\O)c3cc(C)ccc3C)C(=O)C(=O)N2Cc2ccccc2)cc1. The molecule has 1 atom stereocenters. The molecule has 3 aromatic carbocycles. The second kappa shape index (κ2) is 10.6. The van der Waals surface area contributed by atoms with E-state index in [1.54, 1.807) is 4.90 Å². The van der Waals surface area contributed by atoms with Crippen LogP contribution in [0.15, 0.2) is 78.4 Å². The van der Waals surface area contributed by atoms with Gasteiger partial charge in [0.15, 0.2) is 0 Å². The molecule has 1 fully saturated rings. The Hall–Kier alpha value is -3.86. The number of nitrogens with zero attached hydrogens (tertiary/aromatic N) is 1. The molecule has 1 aliphatic rings. The first kappa shape index (κ1) is 24.3. The average Bonchev–Trinajstić information content (AvgIpc) is 3.11. The number of hydrogen-bond donors (Lipinski definition) is 1. The number of amides is 1. The fraction of sp³-hybridized carbons (Fsp3) is 0.267. The minimum absolute atomic E-state index is 0.110. The molecule has 1 heterocycles. The molecule has 1 aliphatic heterocycles. The highest BCUT2D eigenvalue weighted by molar-refractivity contribution is 6.46. The first-order chi connectivity index (χ1) is 16.9. The number of ketones is 1. The number of benzene rings is 3. The number of unbranched alkanes of at least 4 members (excludes halogenated alkanes) is 1. The van der Waals surface area contributed by atoms with E-state index in [1.165, 1.54) is 0 Å². The van der Waals surface area contributed by atoms with Crippen molar-refractivity contribution < 1.29 is 19.4 Å². The number of likely N-dealkylation sites (tertiary alicyclic amines) is 1. The van der Waals surface area contributed by atoms with Gasteiger partial charge in [-0.3, -0.25) is 9.59 Å². The zero-order chi connectivity index (χ0) is 24.9. The highest BCUT2D eigenvalue weighted by Crippen LogP contribution is 2.41. The molecule has 1 amide bonds. The normalized spacial score (nSPS) is 17.1. The molecule has 5 nitrogen and oxygen atoms in total. The molecule has 1 N–H and O–H groups in total. The summed E-state index contributed by atoms with van der Waals surface area (Å²) in [5.74, 6) is -0.702. The molecule has 180 valence electrons. The molecule has 4 rings (SSSR count). The van der Waals surface area contributed by atoms with Crippen LogP contribution in [0.5, 0.6) is 5.75 Å². The molecule has 0 radical (unpaired) electrons. The van der Waals surface area contributed by atoms with Gasteiger partial charge in [-0.25, -0.2) is 0 Å². The topological polar surface area (TPSA) is 66.8 Å². The Balaban J connectivity index is 1.80. The molecule has 0 spiro atoms. The number of Topliss-reactive ketones (excluding diaryl/α,β-unsaturated/α-hetero) is 1. The maximum absolute atomic E-state index is 13.3. The van der Waals surface area contributed by atoms with E-state index in [4.69, 9.17) is 4.74 Å². The highest BCUT2D eigenvalue weighted by Gasteiger charge is 2.46. The van der Waals surface area contributed by atoms with E-state index in [0.717, 1.165) is 40.8 Å². The Morgan fingerprint density at radius 2 is 1.69 bits per heavy atom. The molecule has 5 heteroatoms. The van der Waals surface area contributed by atoms with E-state index < -0.39 is 17.7 Å². The van der Waals surface area contributed by atoms with Gasteiger partial charge in [0.05, 0.1) is 18.2 Å². The largest absolute Gasteiger partial charge is 0.507 e. The fourth-order valence-corrected chi connectivity index (χ4v) is 4.39. The van der Waals surface area contributed by atoms with Gasteiger partial charge in [0.1, 0.15) is 11.5 Å². The summed E-state index contributed by atoms with van der Waals surface area (Å²) >= 11 is 0. The van der Waals surface area contributed by atoms with Crippen molar-refractivity contribution in [3.05, 3.63) is 106 Å². The van der Waals surface area contributed by atoms with Crippen LogP contribution in [0, 0.1) is 13.8 Å². The molecular formula is C30H31NO4. The summed E-state index contributed by atoms with van der Waals surface area (Å²) < 4.78 is 5.79. The van der Waals surface area contributed by atoms with Gasteiger partial charge in [0, 0.05) is 12.1 Å². The number of aliphatic hydroxyl groups excluding tert-OH is 1. The van der Waals surface area contributed by atoms with Crippen molar-refractivity contribution in [3.8, 4) is 5.75 Å². The Bertz CT molecular complexity index is 1250. The first-order valence-corrected chi connectivity index (χ1v) is 12.0. The number of rotatable bonds is 8. The second-order valence-corrected chi connectivity index (χ2v) is 9.00. The number of hydrogen-bond acceptors (Lipinski definition) is 4. The van der Waals surface area contributed by atoms with Crippen molar-refractivity contribution in [2.24, 2.45) is 0 Å². The molecule has 0 aliphatic carbocycles. The lowest BCUT2D eigenvalue weighted by Crippen LogP contribution is -2.29. The van der Waals surface area contributed by atoms with Gasteiger partial charge in [0.25, 0.3) is 11.7 Å². The summed E-state index contributed by atoms with van der Waals surface area (Å²) in [6.45, 7) is 6.81. The van der Waals surface area contributed by atoms with Gasteiger partial charge in [0.2, 0.25) is 0 Å². The average molecular weight is 470 g/mol. The van der Waals surface area contributed by atoms with Crippen LogP contribution in [0.1, 0.15) is 53.6 Å². The van der Waals surface area contributed by atoms with Crippen LogP contribution in [-0.4, -0.2) is 28.3 Å². The minimum Gasteiger partial charge on any atom is -0.507 e. The van der Waals surface area contributed by atoms with E-state index in [0.29, 0.717) is 12.2 Å². The van der Waals surface area contributed by atoms with E-state index in [2.05, 4.69) is 6.92 Å². The molecular weight excluding hydrogens is 438 g/mol. The first-order valence-electron chi connectivity index (χ1n) is 12.0. The Morgan fingerprint density at radius 3 is 2.37 bits per heavy atom. The third kappa shape index (κ3) is 5.14. The number of aryl methyl sites for hydroxylation is 2. The lowest BCUT2D eigenvalue weighted by molar-refractivity contribution is -0.140. The van der Waals surface area contributed by atoms with Crippen LogP contribution in [0.4, 0.5) is 0 Å². The monoisotopic (exact) mass is 469 g/mol. The van der Waals surface area contributed by atoms with Crippen molar-refractivity contribution in [3.63, 3.8) is 0 Å². The standard InChI is InChI=1S/C30H31NO4/c1-4-5-17-35-24-15-13-23(14-16-24)27-26(28(32)25-18-20(2)11-12-21(25)3)29(33)30(34)31(27)19-22-9-7-6-8-10-22/h6-16,18,27,32H,4-5,17,19H2,1-3H3/b28-26+. The summed E-state index contributed by atoms with van der Waals surface area (Å²) in [7, 11) is 0. The molecule has 3 aromatic rings. The third-order valence-electron chi connectivity index (χ3n) is 6.35. The third-order valence-corrected chi connectivity index (χ3v) is 6.35. The van der Waals surface area contributed by atoms with Crippen molar-refractivity contribution in [2.45, 2.75) is 46.2 Å². The molecule has 0 saturated carbocycles. The quantitative estimate of drug-likeness (QED) is 0.187. The fourth-order valence-electron chi connectivity index (χ4n) is 4.39. The Labute approximate surface area is 206 Å². The maximum Gasteiger partial charge on any atom is 0.295 e. The Morgan fingerprint density at radius 1 is 0.971 bits per heavy atom. The molecule has 35 heavy (non-hydrogen) atoms. The second-order valence-electron chi connectivity index (χ2n) is 9.00. The van der Waals surface area contributed by atoms with E-state index in [9.17, 15) is 14.7 Å². The zero-order valence-electron chi connectivity index (χ0n) is 20.5. The van der Waals surface area contributed by atoms with E-state index in [1.807, 2.05) is 86.6 Å². The highest BCUT2D eigenvalue weighted by atomic mass is 16.5. The van der Waals surface area contributed by atoms with Crippen LogP contribution >= 0.6 is 0 Å². The van der Waals surface area contributed by atoms with Crippen molar-refractivity contribution in [2.75, 3.05) is 6.61 Å². The number of aliphatic hydroxyl groups is 1. The minimum atomic E-state index is -0.709. The maximum atomic E-state index is 13.3. The summed E-state index contributed by atoms with van der Waals surface area (Å²) in [5.41, 5.74) is 4.12. The van der Waals surface area contributed by atoms with Crippen LogP contribution < -0.4 is 4.74 Å². The van der Waals surface area contributed by atoms with Gasteiger partial charge >= 0.3 is 0 Å². The number of ether oxygens (including phenoxy) is 1. The lowest BCUT2D eigenvalue weighted by Gasteiger charge is -2.26. The number of carbonyl (C=O) groups excluding carboxylic acids is 2. The lowest BCUT2D eigenvalue weighted by atomic mass is 9.93. The van der Waals surface area contributed by atoms with Gasteiger partial charge < -0.3 is 14.7 Å². The van der Waals surface area contributed by atoms with Crippen LogP contribution in [0.3, 0.4) is 0 Å². The van der Waals surface area contributed by atoms with Crippen LogP contribution in [0.2, 0.25) is 0 Å². The van der Waals surface area contributed by atoms with Gasteiger partial charge in [-0.15, -0.1) is 0 Å². The molecule has 1 saturated heterocycles. The predicted molar refractivity (Wildman–Crippen MR) is 137 cm³/mol. The smallest absolute Gasteiger partial charge is 0.295 e. The summed E-state index contributed by atoms with van der Waals surface area (Å²) in [6.07, 6.45) is 2.01. The number of carbonyl (C=O) groups is 2.